The fourth-order valence-electron chi connectivity index (χ4n) is 3.44. The average Bonchev–Trinajstić information content (AvgIpc) is 3.12. The number of aromatic nitrogens is 1. The molecule has 6 nitrogen and oxygen atoms in total. The lowest BCUT2D eigenvalue weighted by Crippen LogP contribution is -2.49. The molecule has 1 aromatic heterocycles. The summed E-state index contributed by atoms with van der Waals surface area (Å²) in [7, 11) is 0. The maximum atomic E-state index is 12.6. The van der Waals surface area contributed by atoms with Crippen molar-refractivity contribution < 1.29 is 9.21 Å². The summed E-state index contributed by atoms with van der Waals surface area (Å²) in [4.78, 5) is 21.2. The van der Waals surface area contributed by atoms with Crippen molar-refractivity contribution in [3.8, 4) is 0 Å². The Bertz CT molecular complexity index is 940. The number of anilines is 1. The molecule has 156 valence electrons. The van der Waals surface area contributed by atoms with E-state index in [2.05, 4.69) is 9.88 Å². The molecule has 0 spiro atoms. The van der Waals surface area contributed by atoms with Crippen molar-refractivity contribution in [2.75, 3.05) is 31.1 Å². The fraction of sp³-hybridized carbons (Fsp3) is 0.333. The lowest BCUT2D eigenvalue weighted by Gasteiger charge is -2.34. The Morgan fingerprint density at radius 2 is 1.79 bits per heavy atom. The molecule has 1 atom stereocenters. The molecule has 8 heteroatoms. The van der Waals surface area contributed by atoms with E-state index in [0.717, 1.165) is 22.2 Å². The van der Waals surface area contributed by atoms with E-state index in [1.807, 2.05) is 60.4 Å². The van der Waals surface area contributed by atoms with Crippen LogP contribution in [0.4, 0.5) is 6.01 Å². The molecule has 1 aliphatic rings. The molecule has 1 saturated heterocycles. The molecule has 1 unspecified atom stereocenters. The number of piperazine rings is 1. The second-order valence-electron chi connectivity index (χ2n) is 7.06. The minimum absolute atomic E-state index is 0. The van der Waals surface area contributed by atoms with Crippen molar-refractivity contribution in [2.24, 2.45) is 5.73 Å². The van der Waals surface area contributed by atoms with Crippen LogP contribution in [-0.4, -0.2) is 42.0 Å². The highest BCUT2D eigenvalue weighted by Crippen LogP contribution is 2.24. The van der Waals surface area contributed by atoms with Crippen molar-refractivity contribution in [2.45, 2.75) is 19.4 Å². The van der Waals surface area contributed by atoms with Crippen LogP contribution in [0.25, 0.3) is 11.1 Å². The minimum atomic E-state index is -0.267. The Labute approximate surface area is 182 Å². The predicted octanol–water partition coefficient (Wildman–Crippen LogP) is 3.72. The minimum Gasteiger partial charge on any atom is -0.423 e. The first-order valence-corrected chi connectivity index (χ1v) is 9.30. The van der Waals surface area contributed by atoms with Crippen molar-refractivity contribution >= 4 is 47.8 Å². The number of fused-ring (bicyclic) bond motifs is 1. The highest BCUT2D eigenvalue weighted by Gasteiger charge is 2.25. The van der Waals surface area contributed by atoms with Gasteiger partial charge in [0.2, 0.25) is 5.91 Å². The van der Waals surface area contributed by atoms with Crippen LogP contribution in [0.2, 0.25) is 0 Å². The summed E-state index contributed by atoms with van der Waals surface area (Å²) in [6.45, 7) is 4.75. The van der Waals surface area contributed by atoms with E-state index < -0.39 is 0 Å². The molecule has 3 aromatic rings. The predicted molar refractivity (Wildman–Crippen MR) is 120 cm³/mol. The molecule has 0 saturated carbocycles. The van der Waals surface area contributed by atoms with Gasteiger partial charge in [0.15, 0.2) is 5.58 Å². The van der Waals surface area contributed by atoms with Crippen LogP contribution in [0, 0.1) is 6.92 Å². The molecule has 0 aliphatic carbocycles. The maximum absolute atomic E-state index is 12.6. The lowest BCUT2D eigenvalue weighted by atomic mass is 10.0. The first-order valence-electron chi connectivity index (χ1n) is 9.30. The van der Waals surface area contributed by atoms with E-state index in [-0.39, 0.29) is 36.8 Å². The molecule has 29 heavy (non-hydrogen) atoms. The maximum Gasteiger partial charge on any atom is 0.298 e. The number of oxazole rings is 1. The molecule has 0 bridgehead atoms. The average molecular weight is 437 g/mol. The standard InChI is InChI=1S/C21H24N4O2.2ClH/c1-15-7-8-19-18(13-15)23-21(27-19)25-11-9-24(10-12-25)20(26)14-17(22)16-5-3-2-4-6-16;;/h2-8,13,17H,9-12,14,22H2,1H3;2*1H. The number of nitrogens with zero attached hydrogens (tertiary/aromatic N) is 3. The molecular weight excluding hydrogens is 411 g/mol. The zero-order valence-electron chi connectivity index (χ0n) is 16.3. The number of hydrogen-bond acceptors (Lipinski definition) is 5. The Hall–Kier alpha value is -2.28. The number of nitrogens with two attached hydrogens (primary N) is 1. The summed E-state index contributed by atoms with van der Waals surface area (Å²) in [6, 6.07) is 16.1. The zero-order chi connectivity index (χ0) is 18.8. The smallest absolute Gasteiger partial charge is 0.298 e. The van der Waals surface area contributed by atoms with Gasteiger partial charge in [-0.15, -0.1) is 24.8 Å². The van der Waals surface area contributed by atoms with Gasteiger partial charge < -0.3 is 20.0 Å². The highest BCUT2D eigenvalue weighted by molar-refractivity contribution is 5.85. The van der Waals surface area contributed by atoms with Crippen LogP contribution in [0.1, 0.15) is 23.6 Å². The number of hydrogen-bond donors (Lipinski definition) is 1. The van der Waals surface area contributed by atoms with Gasteiger partial charge in [-0.2, -0.15) is 4.98 Å². The third-order valence-electron chi connectivity index (χ3n) is 5.06. The van der Waals surface area contributed by atoms with E-state index in [0.29, 0.717) is 38.6 Å². The van der Waals surface area contributed by atoms with Gasteiger partial charge in [-0.05, 0) is 30.2 Å². The van der Waals surface area contributed by atoms with Gasteiger partial charge in [-0.25, -0.2) is 0 Å². The highest BCUT2D eigenvalue weighted by atomic mass is 35.5. The van der Waals surface area contributed by atoms with Gasteiger partial charge >= 0.3 is 0 Å². The quantitative estimate of drug-likeness (QED) is 0.674. The van der Waals surface area contributed by atoms with Gasteiger partial charge in [-0.1, -0.05) is 36.4 Å². The van der Waals surface area contributed by atoms with Crippen molar-refractivity contribution in [3.63, 3.8) is 0 Å². The van der Waals surface area contributed by atoms with Crippen LogP contribution in [-0.2, 0) is 4.79 Å². The summed E-state index contributed by atoms with van der Waals surface area (Å²) < 4.78 is 5.87. The Kier molecular flexibility index (Phi) is 7.90. The Morgan fingerprint density at radius 1 is 1.10 bits per heavy atom. The van der Waals surface area contributed by atoms with E-state index in [1.54, 1.807) is 0 Å². The number of carbonyl (C=O) groups is 1. The lowest BCUT2D eigenvalue weighted by molar-refractivity contribution is -0.131. The van der Waals surface area contributed by atoms with Gasteiger partial charge in [0.25, 0.3) is 6.01 Å². The molecule has 2 N–H and O–H groups in total. The molecule has 1 aliphatic heterocycles. The van der Waals surface area contributed by atoms with E-state index >= 15 is 0 Å². The summed E-state index contributed by atoms with van der Waals surface area (Å²) in [5, 5.41) is 0. The number of carbonyl (C=O) groups excluding carboxylic acids is 1. The van der Waals surface area contributed by atoms with Gasteiger partial charge in [0, 0.05) is 38.6 Å². The largest absolute Gasteiger partial charge is 0.423 e. The molecular formula is C21H26Cl2N4O2. The second kappa shape index (κ2) is 9.96. The van der Waals surface area contributed by atoms with E-state index in [1.165, 1.54) is 0 Å². The monoisotopic (exact) mass is 436 g/mol. The first-order chi connectivity index (χ1) is 13.1. The SMILES string of the molecule is Cc1ccc2oc(N3CCN(C(=O)CC(N)c4ccccc4)CC3)nc2c1.Cl.Cl. The van der Waals surface area contributed by atoms with Crippen molar-refractivity contribution in [1.29, 1.82) is 0 Å². The number of aryl methyl sites for hydroxylation is 1. The second-order valence-corrected chi connectivity index (χ2v) is 7.06. The fourth-order valence-corrected chi connectivity index (χ4v) is 3.44. The number of rotatable bonds is 4. The summed E-state index contributed by atoms with van der Waals surface area (Å²) in [5.74, 6) is 0.0965. The number of benzene rings is 2. The number of halogens is 2. The van der Waals surface area contributed by atoms with Crippen LogP contribution in [0.3, 0.4) is 0 Å². The molecule has 2 aromatic carbocycles. The molecule has 1 fully saturated rings. The molecule has 0 radical (unpaired) electrons. The van der Waals surface area contributed by atoms with Crippen LogP contribution in [0.5, 0.6) is 0 Å². The first kappa shape index (κ1) is 23.0. The van der Waals surface area contributed by atoms with E-state index in [9.17, 15) is 4.79 Å². The third-order valence-corrected chi connectivity index (χ3v) is 5.06. The molecule has 4 rings (SSSR count). The van der Waals surface area contributed by atoms with Crippen LogP contribution in [0.15, 0.2) is 52.9 Å². The van der Waals surface area contributed by atoms with Crippen molar-refractivity contribution in [1.82, 2.24) is 9.88 Å². The third kappa shape index (κ3) is 5.21. The van der Waals surface area contributed by atoms with Crippen molar-refractivity contribution in [3.05, 3.63) is 59.7 Å². The topological polar surface area (TPSA) is 75.6 Å². The summed E-state index contributed by atoms with van der Waals surface area (Å²) in [5.41, 5.74) is 10.0. The molecule has 2 heterocycles. The summed E-state index contributed by atoms with van der Waals surface area (Å²) in [6.07, 6.45) is 0.326. The van der Waals surface area contributed by atoms with Gasteiger partial charge in [0.1, 0.15) is 5.52 Å². The van der Waals surface area contributed by atoms with Crippen LogP contribution < -0.4 is 10.6 Å². The van der Waals surface area contributed by atoms with E-state index in [4.69, 9.17) is 10.2 Å². The zero-order valence-corrected chi connectivity index (χ0v) is 17.9. The normalized spacial score (nSPS) is 14.8. The van der Waals surface area contributed by atoms with Gasteiger partial charge in [-0.3, -0.25) is 4.79 Å². The number of amides is 1. The Morgan fingerprint density at radius 3 is 2.48 bits per heavy atom. The summed E-state index contributed by atoms with van der Waals surface area (Å²) >= 11 is 0. The van der Waals surface area contributed by atoms with Gasteiger partial charge in [0.05, 0.1) is 0 Å². The Balaban J connectivity index is 0.00000150. The molecule has 1 amide bonds. The van der Waals surface area contributed by atoms with Crippen LogP contribution >= 0.6 is 24.8 Å².